The monoisotopic (exact) mass is 334 g/mol. The van der Waals surface area contributed by atoms with Crippen LogP contribution in [0.1, 0.15) is 15.9 Å². The van der Waals surface area contributed by atoms with Crippen LogP contribution in [0.2, 0.25) is 0 Å². The number of carbonyl (C=O) groups is 3. The maximum Gasteiger partial charge on any atom is 0.310 e. The number of phenols is 1. The van der Waals surface area contributed by atoms with Crippen molar-refractivity contribution < 1.29 is 24.2 Å². The Morgan fingerprint density at radius 2 is 1.87 bits per heavy atom. The summed E-state index contributed by atoms with van der Waals surface area (Å²) < 4.78 is 4.86. The molecule has 2 amide bonds. The highest BCUT2D eigenvalue weighted by molar-refractivity contribution is 7.14. The van der Waals surface area contributed by atoms with Gasteiger partial charge in [-0.15, -0.1) is 11.3 Å². The van der Waals surface area contributed by atoms with Crippen LogP contribution in [0.3, 0.4) is 0 Å². The molecule has 0 aliphatic carbocycles. The third-order valence-electron chi connectivity index (χ3n) is 2.83. The summed E-state index contributed by atoms with van der Waals surface area (Å²) in [6.45, 7) is -0.465. The van der Waals surface area contributed by atoms with Gasteiger partial charge < -0.3 is 20.9 Å². The second kappa shape index (κ2) is 7.41. The fourth-order valence-corrected chi connectivity index (χ4v) is 2.55. The molecule has 1 heterocycles. The van der Waals surface area contributed by atoms with E-state index in [0.717, 1.165) is 11.3 Å². The molecular formula is C15H14N2O5S. The zero-order chi connectivity index (χ0) is 16.8. The van der Waals surface area contributed by atoms with E-state index in [1.807, 2.05) is 0 Å². The van der Waals surface area contributed by atoms with Crippen molar-refractivity contribution in [3.05, 3.63) is 46.8 Å². The van der Waals surface area contributed by atoms with Crippen molar-refractivity contribution in [2.75, 3.05) is 11.9 Å². The molecule has 120 valence electrons. The fraction of sp³-hybridized carbons (Fsp3) is 0.133. The highest BCUT2D eigenvalue weighted by atomic mass is 32.1. The van der Waals surface area contributed by atoms with E-state index in [-0.39, 0.29) is 17.7 Å². The van der Waals surface area contributed by atoms with Gasteiger partial charge in [-0.2, -0.15) is 0 Å². The zero-order valence-corrected chi connectivity index (χ0v) is 12.8. The third kappa shape index (κ3) is 4.82. The molecule has 7 nitrogen and oxygen atoms in total. The first-order valence-corrected chi connectivity index (χ1v) is 7.44. The van der Waals surface area contributed by atoms with E-state index in [4.69, 9.17) is 15.6 Å². The summed E-state index contributed by atoms with van der Waals surface area (Å²) in [6.07, 6.45) is -0.0148. The van der Waals surface area contributed by atoms with Crippen molar-refractivity contribution in [2.45, 2.75) is 6.42 Å². The molecule has 8 heteroatoms. The van der Waals surface area contributed by atoms with E-state index in [0.29, 0.717) is 10.6 Å². The lowest BCUT2D eigenvalue weighted by atomic mass is 10.1. The van der Waals surface area contributed by atoms with Gasteiger partial charge >= 0.3 is 5.97 Å². The minimum absolute atomic E-state index is 0.0148. The summed E-state index contributed by atoms with van der Waals surface area (Å²) in [4.78, 5) is 34.5. The number of anilines is 1. The van der Waals surface area contributed by atoms with E-state index in [1.165, 1.54) is 18.2 Å². The van der Waals surface area contributed by atoms with E-state index in [9.17, 15) is 14.4 Å². The minimum atomic E-state index is -0.647. The van der Waals surface area contributed by atoms with Gasteiger partial charge in [0.2, 0.25) is 0 Å². The van der Waals surface area contributed by atoms with E-state index >= 15 is 0 Å². The van der Waals surface area contributed by atoms with Crippen molar-refractivity contribution in [1.29, 1.82) is 0 Å². The van der Waals surface area contributed by atoms with Crippen LogP contribution in [-0.4, -0.2) is 29.5 Å². The Morgan fingerprint density at radius 3 is 2.52 bits per heavy atom. The van der Waals surface area contributed by atoms with Crippen molar-refractivity contribution in [3.8, 4) is 5.75 Å². The standard InChI is InChI=1S/C15H14N2O5S/c16-14(21)11-5-6-23-15(11)17-12(19)8-22-13(20)7-9-1-3-10(18)4-2-9/h1-6,18H,7-8H2,(H2,16,21)(H,17,19). The number of primary amides is 1. The lowest BCUT2D eigenvalue weighted by Crippen LogP contribution is -2.22. The average Bonchev–Trinajstić information content (AvgIpc) is 2.96. The summed E-state index contributed by atoms with van der Waals surface area (Å²) >= 11 is 1.15. The Labute approximate surface area is 135 Å². The maximum atomic E-state index is 11.7. The average molecular weight is 334 g/mol. The van der Waals surface area contributed by atoms with Gasteiger partial charge in [0.15, 0.2) is 6.61 Å². The van der Waals surface area contributed by atoms with Gasteiger partial charge in [0.05, 0.1) is 12.0 Å². The number of esters is 1. The molecule has 1 aromatic carbocycles. The number of carbonyl (C=O) groups excluding carboxylic acids is 3. The van der Waals surface area contributed by atoms with Crippen LogP contribution in [0.25, 0.3) is 0 Å². The number of benzene rings is 1. The molecular weight excluding hydrogens is 320 g/mol. The van der Waals surface area contributed by atoms with E-state index in [1.54, 1.807) is 17.5 Å². The van der Waals surface area contributed by atoms with Gasteiger partial charge in [0.25, 0.3) is 11.8 Å². The second-order valence-electron chi connectivity index (χ2n) is 4.58. The number of rotatable bonds is 6. The largest absolute Gasteiger partial charge is 0.508 e. The summed E-state index contributed by atoms with van der Waals surface area (Å²) in [6, 6.07) is 7.58. The number of amides is 2. The van der Waals surface area contributed by atoms with Gasteiger partial charge in [-0.1, -0.05) is 12.1 Å². The van der Waals surface area contributed by atoms with Gasteiger partial charge in [-0.3, -0.25) is 14.4 Å². The minimum Gasteiger partial charge on any atom is -0.508 e. The molecule has 0 bridgehead atoms. The van der Waals surface area contributed by atoms with Crippen LogP contribution < -0.4 is 11.1 Å². The zero-order valence-electron chi connectivity index (χ0n) is 11.9. The molecule has 0 aliphatic rings. The Hall–Kier alpha value is -2.87. The van der Waals surface area contributed by atoms with Crippen LogP contribution in [0, 0.1) is 0 Å². The molecule has 1 aromatic heterocycles. The Bertz CT molecular complexity index is 724. The Balaban J connectivity index is 1.82. The Kier molecular flexibility index (Phi) is 5.32. The SMILES string of the molecule is NC(=O)c1ccsc1NC(=O)COC(=O)Cc1ccc(O)cc1. The normalized spacial score (nSPS) is 10.1. The Morgan fingerprint density at radius 1 is 1.17 bits per heavy atom. The third-order valence-corrected chi connectivity index (χ3v) is 3.66. The van der Waals surface area contributed by atoms with Crippen LogP contribution in [0.15, 0.2) is 35.7 Å². The predicted molar refractivity (Wildman–Crippen MR) is 84.2 cm³/mol. The van der Waals surface area contributed by atoms with Crippen molar-refractivity contribution in [1.82, 2.24) is 0 Å². The number of ether oxygens (including phenoxy) is 1. The second-order valence-corrected chi connectivity index (χ2v) is 5.50. The van der Waals surface area contributed by atoms with Crippen LogP contribution >= 0.6 is 11.3 Å². The highest BCUT2D eigenvalue weighted by Crippen LogP contribution is 2.22. The lowest BCUT2D eigenvalue weighted by molar-refractivity contribution is -0.146. The fourth-order valence-electron chi connectivity index (χ4n) is 1.74. The highest BCUT2D eigenvalue weighted by Gasteiger charge is 2.14. The van der Waals surface area contributed by atoms with Crippen LogP contribution in [0.4, 0.5) is 5.00 Å². The molecule has 0 unspecified atom stereocenters. The van der Waals surface area contributed by atoms with E-state index in [2.05, 4.69) is 5.32 Å². The summed E-state index contributed by atoms with van der Waals surface area (Å²) in [5.41, 5.74) is 6.03. The summed E-state index contributed by atoms with van der Waals surface area (Å²) in [5.74, 6) is -1.69. The van der Waals surface area contributed by atoms with Gasteiger partial charge in [-0.05, 0) is 29.1 Å². The number of phenolic OH excluding ortho intramolecular Hbond substituents is 1. The molecule has 0 saturated heterocycles. The number of hydrogen-bond donors (Lipinski definition) is 3. The molecule has 0 atom stereocenters. The molecule has 0 saturated carbocycles. The molecule has 4 N–H and O–H groups in total. The van der Waals surface area contributed by atoms with Crippen LogP contribution in [-0.2, 0) is 20.7 Å². The quantitative estimate of drug-likeness (QED) is 0.688. The van der Waals surface area contributed by atoms with Crippen molar-refractivity contribution >= 4 is 34.1 Å². The first-order valence-electron chi connectivity index (χ1n) is 6.56. The molecule has 0 fully saturated rings. The first-order chi connectivity index (χ1) is 11.0. The summed E-state index contributed by atoms with van der Waals surface area (Å²) in [5, 5.41) is 13.6. The van der Waals surface area contributed by atoms with Crippen molar-refractivity contribution in [2.24, 2.45) is 5.73 Å². The molecule has 0 aliphatic heterocycles. The summed E-state index contributed by atoms with van der Waals surface area (Å²) in [7, 11) is 0. The maximum absolute atomic E-state index is 11.7. The first kappa shape index (κ1) is 16.5. The van der Waals surface area contributed by atoms with E-state index < -0.39 is 24.4 Å². The lowest BCUT2D eigenvalue weighted by Gasteiger charge is -2.06. The predicted octanol–water partition coefficient (Wildman–Crippen LogP) is 1.28. The number of hydrogen-bond acceptors (Lipinski definition) is 6. The molecule has 0 spiro atoms. The smallest absolute Gasteiger partial charge is 0.310 e. The van der Waals surface area contributed by atoms with Gasteiger partial charge in [0.1, 0.15) is 10.8 Å². The number of nitrogens with one attached hydrogen (secondary N) is 1. The topological polar surface area (TPSA) is 119 Å². The molecule has 23 heavy (non-hydrogen) atoms. The van der Waals surface area contributed by atoms with Gasteiger partial charge in [0, 0.05) is 0 Å². The number of aromatic hydroxyl groups is 1. The number of thiophene rings is 1. The van der Waals surface area contributed by atoms with Crippen molar-refractivity contribution in [3.63, 3.8) is 0 Å². The van der Waals surface area contributed by atoms with Gasteiger partial charge in [-0.25, -0.2) is 0 Å². The molecule has 2 rings (SSSR count). The number of nitrogens with two attached hydrogens (primary N) is 1. The molecule has 0 radical (unpaired) electrons. The van der Waals surface area contributed by atoms with Crippen LogP contribution in [0.5, 0.6) is 5.75 Å². The molecule has 2 aromatic rings.